The Labute approximate surface area is 56.5 Å². The zero-order chi connectivity index (χ0) is 6.41. The van der Waals surface area contributed by atoms with E-state index in [9.17, 15) is 0 Å². The molecule has 0 aliphatic rings. The average molecular weight is 133 g/mol. The molecule has 0 aromatic rings. The van der Waals surface area contributed by atoms with Crippen LogP contribution in [0, 0.1) is 0 Å². The quantitative estimate of drug-likeness (QED) is 0.409. The van der Waals surface area contributed by atoms with E-state index in [0.29, 0.717) is 0 Å². The van der Waals surface area contributed by atoms with E-state index in [1.165, 1.54) is 5.57 Å². The predicted octanol–water partition coefficient (Wildman–Crippen LogP) is 2.97. The Bertz CT molecular complexity index is 74.5. The van der Waals surface area contributed by atoms with Gasteiger partial charge in [-0.1, -0.05) is 18.6 Å². The van der Waals surface area contributed by atoms with Crippen molar-refractivity contribution in [2.75, 3.05) is 5.88 Å². The summed E-state index contributed by atoms with van der Waals surface area (Å²) in [6.45, 7) is 4.28. The maximum Gasteiger partial charge on any atom is 0.0258 e. The smallest absolute Gasteiger partial charge is 0.0258 e. The van der Waals surface area contributed by atoms with Crippen molar-refractivity contribution in [3.63, 3.8) is 0 Å². The van der Waals surface area contributed by atoms with Gasteiger partial charge in [0.15, 0.2) is 0 Å². The highest BCUT2D eigenvalue weighted by Crippen LogP contribution is 1.99. The van der Waals surface area contributed by atoms with Crippen LogP contribution >= 0.6 is 11.6 Å². The summed E-state index contributed by atoms with van der Waals surface area (Å²) in [5.41, 5.74) is 1.44. The molecule has 0 amide bonds. The Morgan fingerprint density at radius 3 is 2.62 bits per heavy atom. The summed E-state index contributed by atoms with van der Waals surface area (Å²) in [5.74, 6) is 0.747. The van der Waals surface area contributed by atoms with Gasteiger partial charge in [0.05, 0.1) is 0 Å². The molecule has 0 radical (unpaired) electrons. The molecule has 0 spiro atoms. The summed E-state index contributed by atoms with van der Waals surface area (Å²) >= 11 is 5.46. The molecule has 0 aromatic heterocycles. The Morgan fingerprint density at radius 1 is 1.62 bits per heavy atom. The second-order valence-electron chi connectivity index (χ2n) is 1.88. The molecule has 0 N–H and O–H groups in total. The van der Waals surface area contributed by atoms with Gasteiger partial charge in [-0.2, -0.15) is 0 Å². The normalized spacial score (nSPS) is 12.1. The van der Waals surface area contributed by atoms with Crippen LogP contribution in [-0.4, -0.2) is 5.88 Å². The Morgan fingerprint density at radius 2 is 2.25 bits per heavy atom. The second kappa shape index (κ2) is 5.17. The summed E-state index contributed by atoms with van der Waals surface area (Å²) in [6, 6.07) is 0. The SMILES string of the molecule is CCC(C)=CCCCl. The van der Waals surface area contributed by atoms with E-state index in [-0.39, 0.29) is 0 Å². The molecular weight excluding hydrogens is 120 g/mol. The first-order valence-electron chi connectivity index (χ1n) is 3.02. The van der Waals surface area contributed by atoms with E-state index in [4.69, 9.17) is 11.6 Å². The van der Waals surface area contributed by atoms with Gasteiger partial charge in [-0.25, -0.2) is 0 Å². The van der Waals surface area contributed by atoms with Gasteiger partial charge < -0.3 is 0 Å². The van der Waals surface area contributed by atoms with Crippen LogP contribution in [0.1, 0.15) is 26.7 Å². The van der Waals surface area contributed by atoms with Gasteiger partial charge in [0.25, 0.3) is 0 Å². The van der Waals surface area contributed by atoms with Gasteiger partial charge in [0.2, 0.25) is 0 Å². The zero-order valence-electron chi connectivity index (χ0n) is 5.58. The highest BCUT2D eigenvalue weighted by molar-refractivity contribution is 6.17. The molecule has 0 unspecified atom stereocenters. The molecule has 0 atom stereocenters. The predicted molar refractivity (Wildman–Crippen MR) is 39.4 cm³/mol. The van der Waals surface area contributed by atoms with Gasteiger partial charge in [-0.05, 0) is 19.8 Å². The Hall–Kier alpha value is 0.0300. The summed E-state index contributed by atoms with van der Waals surface area (Å²) < 4.78 is 0. The number of alkyl halides is 1. The maximum absolute atomic E-state index is 5.46. The van der Waals surface area contributed by atoms with Crippen molar-refractivity contribution in [1.82, 2.24) is 0 Å². The molecule has 0 saturated carbocycles. The fourth-order valence-corrected chi connectivity index (χ4v) is 0.554. The first kappa shape index (κ1) is 8.03. The molecule has 0 saturated heterocycles. The minimum atomic E-state index is 0.747. The third-order valence-electron chi connectivity index (χ3n) is 1.16. The van der Waals surface area contributed by atoms with Crippen molar-refractivity contribution in [2.45, 2.75) is 26.7 Å². The van der Waals surface area contributed by atoms with Crippen LogP contribution in [-0.2, 0) is 0 Å². The van der Waals surface area contributed by atoms with E-state index >= 15 is 0 Å². The Kier molecular flexibility index (Phi) is 5.19. The molecule has 0 bridgehead atoms. The van der Waals surface area contributed by atoms with Gasteiger partial charge in [0.1, 0.15) is 0 Å². The highest BCUT2D eigenvalue weighted by atomic mass is 35.5. The average Bonchev–Trinajstić information content (AvgIpc) is 1.83. The van der Waals surface area contributed by atoms with Crippen LogP contribution in [0.2, 0.25) is 0 Å². The van der Waals surface area contributed by atoms with E-state index in [2.05, 4.69) is 19.9 Å². The third-order valence-corrected chi connectivity index (χ3v) is 1.38. The number of allylic oxidation sites excluding steroid dienone is 2. The molecule has 0 heterocycles. The first-order valence-corrected chi connectivity index (χ1v) is 3.56. The number of halogens is 1. The Balaban J connectivity index is 3.26. The van der Waals surface area contributed by atoms with Crippen molar-refractivity contribution < 1.29 is 0 Å². The maximum atomic E-state index is 5.46. The van der Waals surface area contributed by atoms with Crippen LogP contribution in [0.15, 0.2) is 11.6 Å². The van der Waals surface area contributed by atoms with E-state index in [1.54, 1.807) is 0 Å². The summed E-state index contributed by atoms with van der Waals surface area (Å²) in [6.07, 6.45) is 4.35. The monoisotopic (exact) mass is 132 g/mol. The highest BCUT2D eigenvalue weighted by Gasteiger charge is 1.80. The summed E-state index contributed by atoms with van der Waals surface area (Å²) in [5, 5.41) is 0. The van der Waals surface area contributed by atoms with Crippen LogP contribution in [0.4, 0.5) is 0 Å². The molecule has 0 fully saturated rings. The largest absolute Gasteiger partial charge is 0.126 e. The fraction of sp³-hybridized carbons (Fsp3) is 0.714. The van der Waals surface area contributed by atoms with E-state index < -0.39 is 0 Å². The van der Waals surface area contributed by atoms with Gasteiger partial charge in [0, 0.05) is 5.88 Å². The van der Waals surface area contributed by atoms with Crippen molar-refractivity contribution in [2.24, 2.45) is 0 Å². The van der Waals surface area contributed by atoms with Crippen molar-refractivity contribution in [3.05, 3.63) is 11.6 Å². The molecular formula is C7H13Cl. The van der Waals surface area contributed by atoms with Gasteiger partial charge in [-0.3, -0.25) is 0 Å². The standard InChI is InChI=1S/C7H13Cl/c1-3-7(2)5-4-6-8/h5H,3-4,6H2,1-2H3. The zero-order valence-corrected chi connectivity index (χ0v) is 6.33. The van der Waals surface area contributed by atoms with Crippen LogP contribution in [0.5, 0.6) is 0 Å². The van der Waals surface area contributed by atoms with E-state index in [0.717, 1.165) is 18.7 Å². The lowest BCUT2D eigenvalue weighted by atomic mass is 10.2. The third kappa shape index (κ3) is 4.20. The first-order chi connectivity index (χ1) is 3.81. The van der Waals surface area contributed by atoms with Crippen LogP contribution in [0.25, 0.3) is 0 Å². The number of hydrogen-bond acceptors (Lipinski definition) is 0. The van der Waals surface area contributed by atoms with Gasteiger partial charge in [-0.15, -0.1) is 11.6 Å². The summed E-state index contributed by atoms with van der Waals surface area (Å²) in [7, 11) is 0. The minimum absolute atomic E-state index is 0.747. The molecule has 0 aliphatic heterocycles. The summed E-state index contributed by atoms with van der Waals surface area (Å²) in [4.78, 5) is 0. The topological polar surface area (TPSA) is 0 Å². The van der Waals surface area contributed by atoms with Crippen molar-refractivity contribution in [1.29, 1.82) is 0 Å². The van der Waals surface area contributed by atoms with Crippen molar-refractivity contribution >= 4 is 11.6 Å². The molecule has 0 rings (SSSR count). The molecule has 0 aromatic carbocycles. The van der Waals surface area contributed by atoms with Crippen molar-refractivity contribution in [3.8, 4) is 0 Å². The van der Waals surface area contributed by atoms with Crippen LogP contribution < -0.4 is 0 Å². The molecule has 1 heteroatoms. The lowest BCUT2D eigenvalue weighted by Gasteiger charge is -1.90. The van der Waals surface area contributed by atoms with Crippen LogP contribution in [0.3, 0.4) is 0 Å². The molecule has 0 nitrogen and oxygen atoms in total. The fourth-order valence-electron chi connectivity index (χ4n) is 0.445. The van der Waals surface area contributed by atoms with Gasteiger partial charge >= 0.3 is 0 Å². The minimum Gasteiger partial charge on any atom is -0.126 e. The molecule has 0 aliphatic carbocycles. The number of hydrogen-bond donors (Lipinski definition) is 0. The number of rotatable bonds is 3. The lowest BCUT2D eigenvalue weighted by Crippen LogP contribution is -1.72. The lowest BCUT2D eigenvalue weighted by molar-refractivity contribution is 1.06. The molecule has 48 valence electrons. The second-order valence-corrected chi connectivity index (χ2v) is 2.26. The van der Waals surface area contributed by atoms with E-state index in [1.807, 2.05) is 0 Å². The molecule has 8 heavy (non-hydrogen) atoms.